The average molecular weight is 312 g/mol. The van der Waals surface area contributed by atoms with Crippen LogP contribution in [0.25, 0.3) is 0 Å². The smallest absolute Gasteiger partial charge is 0.345 e. The second kappa shape index (κ2) is 6.16. The van der Waals surface area contributed by atoms with Crippen LogP contribution in [0.5, 0.6) is 5.75 Å². The van der Waals surface area contributed by atoms with Crippen LogP contribution in [0, 0.1) is 17.0 Å². The van der Waals surface area contributed by atoms with E-state index in [1.165, 1.54) is 6.20 Å². The Balaban J connectivity index is 2.03. The summed E-state index contributed by atoms with van der Waals surface area (Å²) < 4.78 is 5.37. The van der Waals surface area contributed by atoms with Crippen molar-refractivity contribution in [1.29, 1.82) is 0 Å². The predicted molar refractivity (Wildman–Crippen MR) is 83.7 cm³/mol. The fraction of sp³-hybridized carbons (Fsp3) is 0.294. The van der Waals surface area contributed by atoms with Crippen LogP contribution < -0.4 is 4.74 Å². The van der Waals surface area contributed by atoms with Crippen molar-refractivity contribution in [2.75, 3.05) is 0 Å². The van der Waals surface area contributed by atoms with Crippen LogP contribution in [0.4, 0.5) is 5.69 Å². The van der Waals surface area contributed by atoms with Gasteiger partial charge in [-0.1, -0.05) is 0 Å². The Bertz CT molecular complexity index is 772. The summed E-state index contributed by atoms with van der Waals surface area (Å²) in [5.41, 5.74) is 2.85. The molecule has 6 heteroatoms. The molecule has 0 amide bonds. The van der Waals surface area contributed by atoms with E-state index < -0.39 is 10.9 Å². The van der Waals surface area contributed by atoms with Crippen LogP contribution in [-0.2, 0) is 12.8 Å². The van der Waals surface area contributed by atoms with E-state index in [0.717, 1.165) is 36.8 Å². The van der Waals surface area contributed by atoms with E-state index in [0.29, 0.717) is 5.56 Å². The van der Waals surface area contributed by atoms with E-state index in [2.05, 4.69) is 4.98 Å². The molecule has 0 aliphatic heterocycles. The molecule has 0 bridgehead atoms. The molecule has 3 rings (SSSR count). The first-order chi connectivity index (χ1) is 11.1. The minimum atomic E-state index is -0.639. The highest BCUT2D eigenvalue weighted by Crippen LogP contribution is 2.38. The Hall–Kier alpha value is -2.76. The monoisotopic (exact) mass is 312 g/mol. The van der Waals surface area contributed by atoms with E-state index in [9.17, 15) is 14.9 Å². The first kappa shape index (κ1) is 15.1. The predicted octanol–water partition coefficient (Wildman–Crippen LogP) is 3.40. The zero-order chi connectivity index (χ0) is 16.4. The molecule has 0 N–H and O–H groups in total. The second-order valence-electron chi connectivity index (χ2n) is 5.58. The van der Waals surface area contributed by atoms with Crippen LogP contribution in [0.1, 0.15) is 39.9 Å². The molecule has 0 saturated heterocycles. The fourth-order valence-electron chi connectivity index (χ4n) is 2.98. The summed E-state index contributed by atoms with van der Waals surface area (Å²) in [4.78, 5) is 27.0. The first-order valence-corrected chi connectivity index (χ1v) is 7.50. The standard InChI is InChI=1S/C17H16N2O4/c1-11-14-7-3-2-5-12(14)9-15(19(21)22)16(11)23-17(20)13-6-4-8-18-10-13/h4,6,8-10H,2-3,5,7H2,1H3. The van der Waals surface area contributed by atoms with Gasteiger partial charge < -0.3 is 4.74 Å². The third-order valence-corrected chi connectivity index (χ3v) is 4.14. The number of benzene rings is 1. The summed E-state index contributed by atoms with van der Waals surface area (Å²) in [7, 11) is 0. The number of nitro groups is 1. The number of hydrogen-bond acceptors (Lipinski definition) is 5. The van der Waals surface area contributed by atoms with Gasteiger partial charge in [-0.2, -0.15) is 0 Å². The maximum Gasteiger partial charge on any atom is 0.345 e. The molecule has 6 nitrogen and oxygen atoms in total. The summed E-state index contributed by atoms with van der Waals surface area (Å²) in [6, 6.07) is 4.73. The number of nitro benzene ring substituents is 1. The molecular weight excluding hydrogens is 296 g/mol. The molecule has 0 spiro atoms. The number of carbonyl (C=O) groups excluding carboxylic acids is 1. The van der Waals surface area contributed by atoms with Crippen LogP contribution in [-0.4, -0.2) is 15.9 Å². The zero-order valence-corrected chi connectivity index (χ0v) is 12.7. The van der Waals surface area contributed by atoms with Gasteiger partial charge in [0.2, 0.25) is 5.75 Å². The maximum atomic E-state index is 12.2. The molecule has 0 atom stereocenters. The number of carbonyl (C=O) groups is 1. The van der Waals surface area contributed by atoms with Gasteiger partial charge in [-0.05, 0) is 55.9 Å². The summed E-state index contributed by atoms with van der Waals surface area (Å²) >= 11 is 0. The van der Waals surface area contributed by atoms with Gasteiger partial charge >= 0.3 is 11.7 Å². The van der Waals surface area contributed by atoms with E-state index >= 15 is 0 Å². The normalized spacial score (nSPS) is 13.3. The van der Waals surface area contributed by atoms with Gasteiger partial charge in [-0.3, -0.25) is 15.1 Å². The summed E-state index contributed by atoms with van der Waals surface area (Å²) in [5, 5.41) is 11.4. The average Bonchev–Trinajstić information content (AvgIpc) is 2.57. The molecule has 0 saturated carbocycles. The third-order valence-electron chi connectivity index (χ3n) is 4.14. The van der Waals surface area contributed by atoms with Crippen molar-refractivity contribution >= 4 is 11.7 Å². The molecule has 0 unspecified atom stereocenters. The molecule has 1 aromatic carbocycles. The largest absolute Gasteiger partial charge is 0.415 e. The Kier molecular flexibility index (Phi) is 4.06. The van der Waals surface area contributed by atoms with Crippen LogP contribution in [0.3, 0.4) is 0 Å². The van der Waals surface area contributed by atoms with Gasteiger partial charge in [0.15, 0.2) is 0 Å². The number of rotatable bonds is 3. The van der Waals surface area contributed by atoms with Gasteiger partial charge in [0, 0.05) is 24.0 Å². The number of pyridine rings is 1. The molecular formula is C17H16N2O4. The van der Waals surface area contributed by atoms with E-state index in [1.807, 2.05) is 0 Å². The Labute approximate surface area is 133 Å². The highest BCUT2D eigenvalue weighted by molar-refractivity contribution is 5.91. The van der Waals surface area contributed by atoms with Crippen molar-refractivity contribution in [3.63, 3.8) is 0 Å². The minimum absolute atomic E-state index is 0.0458. The maximum absolute atomic E-state index is 12.2. The molecule has 0 fully saturated rings. The number of nitrogens with zero attached hydrogens (tertiary/aromatic N) is 2. The van der Waals surface area contributed by atoms with Crippen molar-refractivity contribution in [3.8, 4) is 5.75 Å². The van der Waals surface area contributed by atoms with E-state index in [1.54, 1.807) is 31.3 Å². The molecule has 2 aromatic rings. The van der Waals surface area contributed by atoms with Gasteiger partial charge in [-0.15, -0.1) is 0 Å². The lowest BCUT2D eigenvalue weighted by Crippen LogP contribution is -2.14. The van der Waals surface area contributed by atoms with Gasteiger partial charge in [0.1, 0.15) is 0 Å². The number of hydrogen-bond donors (Lipinski definition) is 0. The van der Waals surface area contributed by atoms with E-state index in [-0.39, 0.29) is 17.0 Å². The van der Waals surface area contributed by atoms with Crippen molar-refractivity contribution < 1.29 is 14.5 Å². The van der Waals surface area contributed by atoms with Crippen LogP contribution >= 0.6 is 0 Å². The number of fused-ring (bicyclic) bond motifs is 1. The third kappa shape index (κ3) is 2.92. The van der Waals surface area contributed by atoms with Crippen molar-refractivity contribution in [1.82, 2.24) is 4.98 Å². The summed E-state index contributed by atoms with van der Waals surface area (Å²) in [6.07, 6.45) is 6.68. The number of esters is 1. The number of aryl methyl sites for hydroxylation is 1. The molecule has 0 radical (unpaired) electrons. The highest BCUT2D eigenvalue weighted by Gasteiger charge is 2.27. The van der Waals surface area contributed by atoms with Gasteiger partial charge in [0.25, 0.3) is 0 Å². The molecule has 1 heterocycles. The molecule has 1 aromatic heterocycles. The number of ether oxygens (including phenoxy) is 1. The second-order valence-corrected chi connectivity index (χ2v) is 5.58. The quantitative estimate of drug-likeness (QED) is 0.375. The van der Waals surface area contributed by atoms with Gasteiger partial charge in [0.05, 0.1) is 10.5 Å². The summed E-state index contributed by atoms with van der Waals surface area (Å²) in [5.74, 6) is -0.593. The molecule has 23 heavy (non-hydrogen) atoms. The topological polar surface area (TPSA) is 82.3 Å². The molecule has 1 aliphatic carbocycles. The highest BCUT2D eigenvalue weighted by atomic mass is 16.6. The Morgan fingerprint density at radius 3 is 2.83 bits per heavy atom. The fourth-order valence-corrected chi connectivity index (χ4v) is 2.98. The minimum Gasteiger partial charge on any atom is -0.415 e. The van der Waals surface area contributed by atoms with Crippen LogP contribution in [0.2, 0.25) is 0 Å². The number of aromatic nitrogens is 1. The Morgan fingerprint density at radius 2 is 2.13 bits per heavy atom. The van der Waals surface area contributed by atoms with Crippen molar-refractivity contribution in [2.45, 2.75) is 32.6 Å². The van der Waals surface area contributed by atoms with Crippen molar-refractivity contribution in [3.05, 3.63) is 63.0 Å². The first-order valence-electron chi connectivity index (χ1n) is 7.50. The SMILES string of the molecule is Cc1c2c(cc([N+](=O)[O-])c1OC(=O)c1cccnc1)CCCC2. The summed E-state index contributed by atoms with van der Waals surface area (Å²) in [6.45, 7) is 1.78. The zero-order valence-electron chi connectivity index (χ0n) is 12.7. The Morgan fingerprint density at radius 1 is 1.35 bits per heavy atom. The lowest BCUT2D eigenvalue weighted by Gasteiger charge is -2.20. The van der Waals surface area contributed by atoms with Crippen LogP contribution in [0.15, 0.2) is 30.6 Å². The lowest BCUT2D eigenvalue weighted by atomic mass is 9.87. The molecule has 1 aliphatic rings. The van der Waals surface area contributed by atoms with Gasteiger partial charge in [-0.25, -0.2) is 4.79 Å². The molecule has 118 valence electrons. The lowest BCUT2D eigenvalue weighted by molar-refractivity contribution is -0.385. The van der Waals surface area contributed by atoms with Crippen molar-refractivity contribution in [2.24, 2.45) is 0 Å². The van der Waals surface area contributed by atoms with E-state index in [4.69, 9.17) is 4.74 Å².